The van der Waals surface area contributed by atoms with Crippen LogP contribution in [0.15, 0.2) is 0 Å². The van der Waals surface area contributed by atoms with Crippen molar-refractivity contribution in [3.8, 4) is 0 Å². The van der Waals surface area contributed by atoms with Crippen LogP contribution in [-0.4, -0.2) is 46.3 Å². The number of hydrogen-bond donors (Lipinski definition) is 2. The van der Waals surface area contributed by atoms with Crippen LogP contribution in [0.4, 0.5) is 5.69 Å². The van der Waals surface area contributed by atoms with Crippen LogP contribution >= 0.6 is 0 Å². The van der Waals surface area contributed by atoms with Crippen LogP contribution in [0.2, 0.25) is 0 Å². The Morgan fingerprint density at radius 1 is 1.61 bits per heavy atom. The monoisotopic (exact) mass is 252 g/mol. The summed E-state index contributed by atoms with van der Waals surface area (Å²) < 4.78 is 5.51. The van der Waals surface area contributed by atoms with Crippen molar-refractivity contribution in [2.75, 3.05) is 18.9 Å². The predicted octanol–water partition coefficient (Wildman–Crippen LogP) is 0.804. The normalized spacial score (nSPS) is 24.3. The Hall–Kier alpha value is -1.56. The fourth-order valence-electron chi connectivity index (χ4n) is 2.14. The summed E-state index contributed by atoms with van der Waals surface area (Å²) in [5.41, 5.74) is 7.53. The van der Waals surface area contributed by atoms with Crippen molar-refractivity contribution < 1.29 is 9.53 Å². The quantitative estimate of drug-likeness (QED) is 0.815. The largest absolute Gasteiger partial charge is 0.395 e. The third kappa shape index (κ3) is 2.20. The smallest absolute Gasteiger partial charge is 0.276 e. The van der Waals surface area contributed by atoms with Gasteiger partial charge in [0.15, 0.2) is 5.69 Å². The molecule has 2 rings (SSSR count). The van der Waals surface area contributed by atoms with Gasteiger partial charge in [-0.25, -0.2) is 0 Å². The molecule has 100 valence electrons. The summed E-state index contributed by atoms with van der Waals surface area (Å²) in [6.45, 7) is 7.02. The van der Waals surface area contributed by atoms with Crippen LogP contribution in [0.3, 0.4) is 0 Å². The second-order valence-electron chi connectivity index (χ2n) is 4.77. The van der Waals surface area contributed by atoms with Gasteiger partial charge in [0.25, 0.3) is 5.91 Å². The lowest BCUT2D eigenvalue weighted by Gasteiger charge is -2.36. The molecule has 3 N–H and O–H groups in total. The molecule has 0 spiro atoms. The number of nitrogens with one attached hydrogen (secondary N) is 1. The van der Waals surface area contributed by atoms with Gasteiger partial charge in [-0.3, -0.25) is 9.89 Å². The Morgan fingerprint density at radius 3 is 2.94 bits per heavy atom. The Balaban J connectivity index is 2.21. The molecular formula is C12H20N4O2. The molecule has 1 saturated heterocycles. The van der Waals surface area contributed by atoms with Gasteiger partial charge in [0.1, 0.15) is 0 Å². The van der Waals surface area contributed by atoms with Gasteiger partial charge in [-0.15, -0.1) is 0 Å². The van der Waals surface area contributed by atoms with E-state index in [0.29, 0.717) is 24.5 Å². The van der Waals surface area contributed by atoms with Gasteiger partial charge in [-0.05, 0) is 20.3 Å². The molecule has 1 aromatic rings. The number of nitrogens with two attached hydrogens (primary N) is 1. The van der Waals surface area contributed by atoms with Crippen LogP contribution in [0.25, 0.3) is 0 Å². The highest BCUT2D eigenvalue weighted by atomic mass is 16.5. The van der Waals surface area contributed by atoms with Crippen LogP contribution in [-0.2, 0) is 11.2 Å². The number of amides is 1. The maximum absolute atomic E-state index is 12.4. The number of hydrogen-bond acceptors (Lipinski definition) is 4. The van der Waals surface area contributed by atoms with Crippen molar-refractivity contribution in [2.24, 2.45) is 0 Å². The van der Waals surface area contributed by atoms with Crippen LogP contribution in [0.5, 0.6) is 0 Å². The van der Waals surface area contributed by atoms with Crippen molar-refractivity contribution >= 4 is 11.6 Å². The molecule has 0 aromatic carbocycles. The molecule has 0 radical (unpaired) electrons. The zero-order valence-electron chi connectivity index (χ0n) is 11.1. The number of aryl methyl sites for hydroxylation is 1. The van der Waals surface area contributed by atoms with Crippen LogP contribution < -0.4 is 5.73 Å². The number of aromatic nitrogens is 2. The van der Waals surface area contributed by atoms with Gasteiger partial charge in [0.05, 0.1) is 30.1 Å². The number of nitrogens with zero attached hydrogens (tertiary/aromatic N) is 2. The molecule has 1 aliphatic heterocycles. The van der Waals surface area contributed by atoms with E-state index < -0.39 is 0 Å². The Labute approximate surface area is 106 Å². The van der Waals surface area contributed by atoms with E-state index in [0.717, 1.165) is 12.1 Å². The highest BCUT2D eigenvalue weighted by Gasteiger charge is 2.30. The highest BCUT2D eigenvalue weighted by Crippen LogP contribution is 2.20. The first-order chi connectivity index (χ1) is 8.54. The lowest BCUT2D eigenvalue weighted by molar-refractivity contribution is -0.0388. The molecule has 1 amide bonds. The SMILES string of the molecule is CCc1[nH]nc(C(=O)N2CC(C)OCC2C)c1N. The van der Waals surface area contributed by atoms with Crippen LogP contribution in [0, 0.1) is 0 Å². The van der Waals surface area contributed by atoms with Crippen molar-refractivity contribution in [1.82, 2.24) is 15.1 Å². The summed E-state index contributed by atoms with van der Waals surface area (Å²) in [5, 5.41) is 6.86. The van der Waals surface area contributed by atoms with Crippen molar-refractivity contribution in [3.63, 3.8) is 0 Å². The third-order valence-electron chi connectivity index (χ3n) is 3.31. The molecule has 6 heteroatoms. The minimum absolute atomic E-state index is 0.0508. The first-order valence-electron chi connectivity index (χ1n) is 6.29. The Morgan fingerprint density at radius 2 is 2.33 bits per heavy atom. The minimum atomic E-state index is -0.119. The lowest BCUT2D eigenvalue weighted by atomic mass is 10.1. The number of carbonyl (C=O) groups excluding carboxylic acids is 1. The summed E-state index contributed by atoms with van der Waals surface area (Å²) >= 11 is 0. The highest BCUT2D eigenvalue weighted by molar-refractivity contribution is 5.97. The van der Waals surface area contributed by atoms with E-state index in [1.54, 1.807) is 4.90 Å². The number of aromatic amines is 1. The van der Waals surface area contributed by atoms with Crippen LogP contribution in [0.1, 0.15) is 37.0 Å². The average Bonchev–Trinajstić information content (AvgIpc) is 2.72. The molecule has 1 aromatic heterocycles. The summed E-state index contributed by atoms with van der Waals surface area (Å²) in [7, 11) is 0. The predicted molar refractivity (Wildman–Crippen MR) is 68.3 cm³/mol. The number of morpholine rings is 1. The zero-order chi connectivity index (χ0) is 13.3. The van der Waals surface area contributed by atoms with Gasteiger partial charge < -0.3 is 15.4 Å². The topological polar surface area (TPSA) is 84.2 Å². The number of ether oxygens (including phenoxy) is 1. The number of H-pyrrole nitrogens is 1. The molecule has 0 aliphatic carbocycles. The fraction of sp³-hybridized carbons (Fsp3) is 0.667. The van der Waals surface area contributed by atoms with Gasteiger partial charge in [0.2, 0.25) is 0 Å². The average molecular weight is 252 g/mol. The second kappa shape index (κ2) is 4.97. The fourth-order valence-corrected chi connectivity index (χ4v) is 2.14. The third-order valence-corrected chi connectivity index (χ3v) is 3.31. The second-order valence-corrected chi connectivity index (χ2v) is 4.77. The molecular weight excluding hydrogens is 232 g/mol. The van der Waals surface area contributed by atoms with E-state index in [4.69, 9.17) is 10.5 Å². The zero-order valence-corrected chi connectivity index (χ0v) is 11.1. The molecule has 18 heavy (non-hydrogen) atoms. The lowest BCUT2D eigenvalue weighted by Crippen LogP contribution is -2.50. The number of carbonyl (C=O) groups is 1. The van der Waals surface area contributed by atoms with Crippen molar-refractivity contribution in [3.05, 3.63) is 11.4 Å². The maximum Gasteiger partial charge on any atom is 0.276 e. The van der Waals surface area contributed by atoms with E-state index in [2.05, 4.69) is 10.2 Å². The summed E-state index contributed by atoms with van der Waals surface area (Å²) in [5.74, 6) is -0.119. The summed E-state index contributed by atoms with van der Waals surface area (Å²) in [6, 6.07) is 0.0508. The molecule has 2 atom stereocenters. The van der Waals surface area contributed by atoms with Gasteiger partial charge in [0, 0.05) is 6.54 Å². The first-order valence-corrected chi connectivity index (χ1v) is 6.29. The first kappa shape index (κ1) is 12.9. The van der Waals surface area contributed by atoms with E-state index in [-0.39, 0.29) is 18.1 Å². The molecule has 0 bridgehead atoms. The summed E-state index contributed by atoms with van der Waals surface area (Å²) in [6.07, 6.45) is 0.789. The maximum atomic E-state index is 12.4. The number of anilines is 1. The standard InChI is InChI=1S/C12H20N4O2/c1-4-9-10(13)11(15-14-9)12(17)16-5-8(3)18-6-7(16)2/h7-8H,4-6,13H2,1-3H3,(H,14,15). The Kier molecular flexibility index (Phi) is 3.56. The molecule has 2 heterocycles. The molecule has 0 saturated carbocycles. The Bertz CT molecular complexity index is 443. The molecule has 6 nitrogen and oxygen atoms in total. The number of nitrogen functional groups attached to an aromatic ring is 1. The number of rotatable bonds is 2. The van der Waals surface area contributed by atoms with Crippen molar-refractivity contribution in [1.29, 1.82) is 0 Å². The molecule has 2 unspecified atom stereocenters. The van der Waals surface area contributed by atoms with Gasteiger partial charge in [-0.2, -0.15) is 5.10 Å². The molecule has 1 fully saturated rings. The van der Waals surface area contributed by atoms with Gasteiger partial charge in [-0.1, -0.05) is 6.92 Å². The molecule has 1 aliphatic rings. The van der Waals surface area contributed by atoms with Crippen molar-refractivity contribution in [2.45, 2.75) is 39.3 Å². The minimum Gasteiger partial charge on any atom is -0.395 e. The van der Waals surface area contributed by atoms with E-state index in [1.165, 1.54) is 0 Å². The van der Waals surface area contributed by atoms with E-state index >= 15 is 0 Å². The van der Waals surface area contributed by atoms with E-state index in [1.807, 2.05) is 20.8 Å². The van der Waals surface area contributed by atoms with E-state index in [9.17, 15) is 4.79 Å². The van der Waals surface area contributed by atoms with Gasteiger partial charge >= 0.3 is 0 Å². The summed E-state index contributed by atoms with van der Waals surface area (Å²) in [4.78, 5) is 14.2.